The zero-order chi connectivity index (χ0) is 13.3. The number of nitrogens with zero attached hydrogens (tertiary/aromatic N) is 2. The molecule has 0 radical (unpaired) electrons. The fraction of sp³-hybridized carbons (Fsp3) is 0.667. The minimum absolute atomic E-state index is 0.204. The molecule has 1 fully saturated rings. The van der Waals surface area contributed by atoms with E-state index < -0.39 is 5.60 Å². The molecule has 0 unspecified atom stereocenters. The Morgan fingerprint density at radius 3 is 2.72 bits per heavy atom. The number of β-amino-alcohol motifs (C(OH)–C–C–N with tert-alkyl or cyclic N) is 1. The van der Waals surface area contributed by atoms with Crippen LogP contribution in [0.5, 0.6) is 0 Å². The van der Waals surface area contributed by atoms with Crippen molar-refractivity contribution >= 4 is 11.6 Å². The summed E-state index contributed by atoms with van der Waals surface area (Å²) in [5.74, 6) is -0.204. The molecule has 6 heteroatoms. The Labute approximate surface area is 106 Å². The molecule has 6 nitrogen and oxygen atoms in total. The van der Waals surface area contributed by atoms with Crippen molar-refractivity contribution in [1.82, 2.24) is 15.1 Å². The fourth-order valence-corrected chi connectivity index (χ4v) is 2.40. The van der Waals surface area contributed by atoms with Gasteiger partial charge in [-0.15, -0.1) is 0 Å². The van der Waals surface area contributed by atoms with Gasteiger partial charge in [0.1, 0.15) is 0 Å². The number of rotatable bonds is 4. The standard InChI is InChI=1S/C12H20N4O2/c1-3-5-12(18)6-16(7-12)11(17)10-9(13)8(4-2)14-15-10/h18H,3-7,13H2,1-2H3,(H,14,15). The van der Waals surface area contributed by atoms with Gasteiger partial charge >= 0.3 is 0 Å². The van der Waals surface area contributed by atoms with Gasteiger partial charge in [-0.2, -0.15) is 5.10 Å². The number of nitrogens with one attached hydrogen (secondary N) is 1. The number of aromatic nitrogens is 2. The van der Waals surface area contributed by atoms with E-state index in [2.05, 4.69) is 10.2 Å². The third-order valence-electron chi connectivity index (χ3n) is 3.41. The number of aliphatic hydroxyl groups is 1. The summed E-state index contributed by atoms with van der Waals surface area (Å²) in [7, 11) is 0. The number of nitrogens with two attached hydrogens (primary N) is 1. The van der Waals surface area contributed by atoms with Crippen LogP contribution in [0, 0.1) is 0 Å². The summed E-state index contributed by atoms with van der Waals surface area (Å²) < 4.78 is 0. The number of hydrogen-bond acceptors (Lipinski definition) is 4. The summed E-state index contributed by atoms with van der Waals surface area (Å²) in [5.41, 5.74) is 6.61. The first kappa shape index (κ1) is 12.9. The topological polar surface area (TPSA) is 95.2 Å². The van der Waals surface area contributed by atoms with E-state index in [-0.39, 0.29) is 11.6 Å². The first-order valence-corrected chi connectivity index (χ1v) is 6.35. The highest BCUT2D eigenvalue weighted by atomic mass is 16.3. The molecule has 1 saturated heterocycles. The van der Waals surface area contributed by atoms with E-state index in [1.54, 1.807) is 4.90 Å². The molecule has 0 atom stereocenters. The van der Waals surface area contributed by atoms with Gasteiger partial charge in [0.15, 0.2) is 5.69 Å². The Bertz CT molecular complexity index is 449. The number of amides is 1. The van der Waals surface area contributed by atoms with Gasteiger partial charge in [0.25, 0.3) is 5.91 Å². The second kappa shape index (κ2) is 4.61. The highest BCUT2D eigenvalue weighted by molar-refractivity contribution is 5.98. The van der Waals surface area contributed by atoms with Crippen molar-refractivity contribution in [3.05, 3.63) is 11.4 Å². The molecule has 4 N–H and O–H groups in total. The van der Waals surface area contributed by atoms with E-state index in [1.807, 2.05) is 13.8 Å². The molecule has 0 bridgehead atoms. The monoisotopic (exact) mass is 252 g/mol. The summed E-state index contributed by atoms with van der Waals surface area (Å²) in [4.78, 5) is 13.7. The van der Waals surface area contributed by atoms with Crippen LogP contribution in [0.25, 0.3) is 0 Å². The average Bonchev–Trinajstić information content (AvgIpc) is 2.66. The summed E-state index contributed by atoms with van der Waals surface area (Å²) in [6, 6.07) is 0. The molecule has 1 aromatic rings. The van der Waals surface area contributed by atoms with Crippen molar-refractivity contribution in [2.45, 2.75) is 38.7 Å². The lowest BCUT2D eigenvalue weighted by atomic mass is 9.89. The number of carbonyl (C=O) groups excluding carboxylic acids is 1. The third kappa shape index (κ3) is 2.08. The van der Waals surface area contributed by atoms with Crippen LogP contribution in [-0.2, 0) is 6.42 Å². The third-order valence-corrected chi connectivity index (χ3v) is 3.41. The average molecular weight is 252 g/mol. The van der Waals surface area contributed by atoms with Crippen LogP contribution in [0.4, 0.5) is 5.69 Å². The fourth-order valence-electron chi connectivity index (χ4n) is 2.40. The summed E-state index contributed by atoms with van der Waals surface area (Å²) in [5, 5.41) is 16.8. The highest BCUT2D eigenvalue weighted by Crippen LogP contribution is 2.28. The van der Waals surface area contributed by atoms with Gasteiger partial charge in [0.2, 0.25) is 0 Å². The van der Waals surface area contributed by atoms with Crippen LogP contribution in [0.3, 0.4) is 0 Å². The molecule has 18 heavy (non-hydrogen) atoms. The normalized spacial score (nSPS) is 17.6. The maximum Gasteiger partial charge on any atom is 0.276 e. The predicted molar refractivity (Wildman–Crippen MR) is 68.1 cm³/mol. The van der Waals surface area contributed by atoms with Crippen LogP contribution in [-0.4, -0.2) is 44.8 Å². The summed E-state index contributed by atoms with van der Waals surface area (Å²) in [6.07, 6.45) is 2.34. The van der Waals surface area contributed by atoms with Crippen LogP contribution >= 0.6 is 0 Å². The number of likely N-dealkylation sites (tertiary alicyclic amines) is 1. The minimum Gasteiger partial charge on any atom is -0.395 e. The lowest BCUT2D eigenvalue weighted by Crippen LogP contribution is -2.63. The van der Waals surface area contributed by atoms with Gasteiger partial charge in [0, 0.05) is 0 Å². The van der Waals surface area contributed by atoms with Crippen LogP contribution in [0.1, 0.15) is 42.9 Å². The molecule has 0 aromatic carbocycles. The maximum atomic E-state index is 12.1. The number of hydrogen-bond donors (Lipinski definition) is 3. The summed E-state index contributed by atoms with van der Waals surface area (Å²) >= 11 is 0. The number of aromatic amines is 1. The van der Waals surface area contributed by atoms with Gasteiger partial charge in [-0.3, -0.25) is 9.89 Å². The molecule has 0 spiro atoms. The van der Waals surface area contributed by atoms with Gasteiger partial charge in [-0.1, -0.05) is 20.3 Å². The molecular formula is C12H20N4O2. The van der Waals surface area contributed by atoms with Crippen molar-refractivity contribution in [2.24, 2.45) is 0 Å². The Morgan fingerprint density at radius 1 is 1.56 bits per heavy atom. The van der Waals surface area contributed by atoms with Crippen molar-refractivity contribution in [2.75, 3.05) is 18.8 Å². The lowest BCUT2D eigenvalue weighted by Gasteiger charge is -2.46. The Hall–Kier alpha value is -1.56. The van der Waals surface area contributed by atoms with E-state index in [0.717, 1.165) is 12.1 Å². The van der Waals surface area contributed by atoms with Gasteiger partial charge in [-0.05, 0) is 12.8 Å². The molecule has 1 aliphatic rings. The van der Waals surface area contributed by atoms with Gasteiger partial charge in [-0.25, -0.2) is 0 Å². The summed E-state index contributed by atoms with van der Waals surface area (Å²) in [6.45, 7) is 4.70. The Balaban J connectivity index is 2.04. The Morgan fingerprint density at radius 2 is 2.22 bits per heavy atom. The molecule has 0 aliphatic carbocycles. The molecule has 1 aromatic heterocycles. The van der Waals surface area contributed by atoms with Crippen molar-refractivity contribution in [3.63, 3.8) is 0 Å². The largest absolute Gasteiger partial charge is 0.395 e. The van der Waals surface area contributed by atoms with Crippen molar-refractivity contribution < 1.29 is 9.90 Å². The number of aryl methyl sites for hydroxylation is 1. The number of H-pyrrole nitrogens is 1. The quantitative estimate of drug-likeness (QED) is 0.729. The zero-order valence-corrected chi connectivity index (χ0v) is 10.9. The van der Waals surface area contributed by atoms with Gasteiger partial charge in [0.05, 0.1) is 30.1 Å². The first-order valence-electron chi connectivity index (χ1n) is 6.35. The minimum atomic E-state index is -0.719. The maximum absolute atomic E-state index is 12.1. The molecule has 2 rings (SSSR count). The number of anilines is 1. The van der Waals surface area contributed by atoms with E-state index in [1.165, 1.54) is 0 Å². The lowest BCUT2D eigenvalue weighted by molar-refractivity contribution is -0.0861. The molecular weight excluding hydrogens is 232 g/mol. The van der Waals surface area contributed by atoms with Crippen LogP contribution in [0.15, 0.2) is 0 Å². The van der Waals surface area contributed by atoms with Crippen LogP contribution in [0.2, 0.25) is 0 Å². The van der Waals surface area contributed by atoms with Gasteiger partial charge < -0.3 is 15.7 Å². The second-order valence-electron chi connectivity index (χ2n) is 4.95. The highest BCUT2D eigenvalue weighted by Gasteiger charge is 2.43. The van der Waals surface area contributed by atoms with E-state index in [9.17, 15) is 9.90 Å². The molecule has 1 aliphatic heterocycles. The smallest absolute Gasteiger partial charge is 0.276 e. The second-order valence-corrected chi connectivity index (χ2v) is 4.95. The van der Waals surface area contributed by atoms with E-state index >= 15 is 0 Å². The van der Waals surface area contributed by atoms with E-state index in [0.29, 0.717) is 31.6 Å². The molecule has 2 heterocycles. The van der Waals surface area contributed by atoms with E-state index in [4.69, 9.17) is 5.73 Å². The predicted octanol–water partition coefficient (Wildman–Crippen LogP) is 0.541. The Kier molecular flexibility index (Phi) is 3.30. The number of nitrogen functional groups attached to an aromatic ring is 1. The SMILES string of the molecule is CCCC1(O)CN(C(=O)c2n[nH]c(CC)c2N)C1. The molecule has 0 saturated carbocycles. The molecule has 100 valence electrons. The van der Waals surface area contributed by atoms with Crippen LogP contribution < -0.4 is 5.73 Å². The number of carbonyl (C=O) groups is 1. The zero-order valence-electron chi connectivity index (χ0n) is 10.9. The molecule has 1 amide bonds. The van der Waals surface area contributed by atoms with Crippen molar-refractivity contribution in [3.8, 4) is 0 Å². The van der Waals surface area contributed by atoms with Crippen molar-refractivity contribution in [1.29, 1.82) is 0 Å². The first-order chi connectivity index (χ1) is 8.50.